The normalized spacial score (nSPS) is 14.8. The molecule has 106 valence electrons. The lowest BCUT2D eigenvalue weighted by molar-refractivity contribution is 0.471. The van der Waals surface area contributed by atoms with Crippen molar-refractivity contribution in [3.8, 4) is 17.1 Å². The fourth-order valence-corrected chi connectivity index (χ4v) is 2.73. The van der Waals surface area contributed by atoms with Crippen molar-refractivity contribution in [2.45, 2.75) is 25.8 Å². The summed E-state index contributed by atoms with van der Waals surface area (Å²) in [5.41, 5.74) is 3.31. The van der Waals surface area contributed by atoms with Gasteiger partial charge in [-0.15, -0.1) is 0 Å². The molecule has 0 atom stereocenters. The number of aryl methyl sites for hydroxylation is 1. The molecule has 3 aromatic rings. The van der Waals surface area contributed by atoms with E-state index in [0.717, 1.165) is 35.3 Å². The van der Waals surface area contributed by atoms with E-state index in [1.807, 2.05) is 19.1 Å². The molecule has 1 saturated carbocycles. The number of phenolic OH excluding ortho intramolecular Hbond substituents is 1. The summed E-state index contributed by atoms with van der Waals surface area (Å²) in [6.07, 6.45) is 2.24. The first-order valence-corrected chi connectivity index (χ1v) is 7.11. The first-order valence-electron chi connectivity index (χ1n) is 7.11. The van der Waals surface area contributed by atoms with Crippen LogP contribution in [-0.2, 0) is 0 Å². The highest BCUT2D eigenvalue weighted by Crippen LogP contribution is 2.41. The van der Waals surface area contributed by atoms with Crippen LogP contribution in [0.25, 0.3) is 22.4 Å². The molecule has 1 aromatic heterocycles. The third-order valence-corrected chi connectivity index (χ3v) is 4.03. The average Bonchev–Trinajstić information content (AvgIpc) is 3.22. The number of aromatic hydroxyl groups is 1. The maximum absolute atomic E-state index is 13.4. The number of aromatic nitrogens is 2. The highest BCUT2D eigenvalue weighted by Gasteiger charge is 2.28. The molecule has 0 aliphatic heterocycles. The van der Waals surface area contributed by atoms with Crippen LogP contribution in [0.4, 0.5) is 4.39 Å². The quantitative estimate of drug-likeness (QED) is 0.765. The fraction of sp³-hybridized carbons (Fsp3) is 0.235. The highest BCUT2D eigenvalue weighted by atomic mass is 19.1. The van der Waals surface area contributed by atoms with Crippen LogP contribution in [0.2, 0.25) is 0 Å². The van der Waals surface area contributed by atoms with Crippen LogP contribution in [0.1, 0.15) is 24.4 Å². The van der Waals surface area contributed by atoms with Crippen molar-refractivity contribution in [3.05, 3.63) is 47.8 Å². The van der Waals surface area contributed by atoms with Crippen molar-refractivity contribution < 1.29 is 9.50 Å². The van der Waals surface area contributed by atoms with Gasteiger partial charge in [0.05, 0.1) is 11.0 Å². The summed E-state index contributed by atoms with van der Waals surface area (Å²) in [5, 5.41) is 9.93. The predicted octanol–water partition coefficient (Wildman–Crippen LogP) is 4.19. The molecule has 1 N–H and O–H groups in total. The number of nitrogens with zero attached hydrogens (tertiary/aromatic N) is 2. The number of rotatable bonds is 2. The van der Waals surface area contributed by atoms with Crippen LogP contribution in [0, 0.1) is 12.7 Å². The predicted molar refractivity (Wildman–Crippen MR) is 79.8 cm³/mol. The number of hydrogen-bond acceptors (Lipinski definition) is 2. The molecule has 0 spiro atoms. The minimum Gasteiger partial charge on any atom is -0.508 e. The van der Waals surface area contributed by atoms with Gasteiger partial charge in [-0.3, -0.25) is 0 Å². The molecule has 1 heterocycles. The zero-order valence-electron chi connectivity index (χ0n) is 11.7. The molecule has 0 unspecified atom stereocenters. The Morgan fingerprint density at radius 1 is 1.19 bits per heavy atom. The van der Waals surface area contributed by atoms with E-state index in [0.29, 0.717) is 11.6 Å². The van der Waals surface area contributed by atoms with Crippen molar-refractivity contribution >= 4 is 11.0 Å². The highest BCUT2D eigenvalue weighted by molar-refractivity contribution is 5.81. The molecule has 4 heteroatoms. The third kappa shape index (κ3) is 1.98. The van der Waals surface area contributed by atoms with Crippen LogP contribution in [0.15, 0.2) is 36.4 Å². The van der Waals surface area contributed by atoms with E-state index in [4.69, 9.17) is 0 Å². The number of phenols is 1. The van der Waals surface area contributed by atoms with Crippen molar-refractivity contribution in [2.75, 3.05) is 0 Å². The van der Waals surface area contributed by atoms with E-state index in [1.54, 1.807) is 12.1 Å². The van der Waals surface area contributed by atoms with Gasteiger partial charge >= 0.3 is 0 Å². The van der Waals surface area contributed by atoms with Crippen molar-refractivity contribution in [2.24, 2.45) is 0 Å². The minimum absolute atomic E-state index is 0.257. The van der Waals surface area contributed by atoms with Crippen LogP contribution in [0.3, 0.4) is 0 Å². The number of hydrogen-bond donors (Lipinski definition) is 1. The maximum atomic E-state index is 13.4. The van der Waals surface area contributed by atoms with Gasteiger partial charge in [0.15, 0.2) is 0 Å². The first-order chi connectivity index (χ1) is 10.1. The SMILES string of the molecule is Cc1ccc(-c2nc3cc(F)ccc3n2C2CC2)cc1O. The Morgan fingerprint density at radius 2 is 2.00 bits per heavy atom. The van der Waals surface area contributed by atoms with Crippen molar-refractivity contribution in [1.29, 1.82) is 0 Å². The molecule has 0 amide bonds. The molecular weight excluding hydrogens is 267 g/mol. The molecule has 0 saturated heterocycles. The Labute approximate surface area is 121 Å². The van der Waals surface area contributed by atoms with E-state index in [1.165, 1.54) is 12.1 Å². The van der Waals surface area contributed by atoms with Gasteiger partial charge < -0.3 is 9.67 Å². The van der Waals surface area contributed by atoms with E-state index in [-0.39, 0.29) is 11.6 Å². The van der Waals surface area contributed by atoms with Gasteiger partial charge in [-0.2, -0.15) is 0 Å². The largest absolute Gasteiger partial charge is 0.508 e. The molecule has 0 bridgehead atoms. The summed E-state index contributed by atoms with van der Waals surface area (Å²) in [6, 6.07) is 10.7. The maximum Gasteiger partial charge on any atom is 0.141 e. The van der Waals surface area contributed by atoms with Gasteiger partial charge in [0.25, 0.3) is 0 Å². The van der Waals surface area contributed by atoms with Gasteiger partial charge in [-0.05, 0) is 43.5 Å². The monoisotopic (exact) mass is 282 g/mol. The Hall–Kier alpha value is -2.36. The zero-order valence-corrected chi connectivity index (χ0v) is 11.7. The summed E-state index contributed by atoms with van der Waals surface area (Å²) in [7, 11) is 0. The lowest BCUT2D eigenvalue weighted by Gasteiger charge is -2.08. The molecule has 2 aromatic carbocycles. The Kier molecular flexibility index (Phi) is 2.55. The summed E-state index contributed by atoms with van der Waals surface area (Å²) >= 11 is 0. The first kappa shape index (κ1) is 12.4. The van der Waals surface area contributed by atoms with E-state index in [2.05, 4.69) is 9.55 Å². The lowest BCUT2D eigenvalue weighted by Crippen LogP contribution is -1.97. The molecule has 1 aliphatic carbocycles. The van der Waals surface area contributed by atoms with Crippen molar-refractivity contribution in [3.63, 3.8) is 0 Å². The van der Waals surface area contributed by atoms with Gasteiger partial charge in [0.1, 0.15) is 17.4 Å². The number of fused-ring (bicyclic) bond motifs is 1. The van der Waals surface area contributed by atoms with Gasteiger partial charge in [0.2, 0.25) is 0 Å². The second-order valence-electron chi connectivity index (χ2n) is 5.67. The molecule has 1 aliphatic rings. The Morgan fingerprint density at radius 3 is 2.71 bits per heavy atom. The second kappa shape index (κ2) is 4.32. The summed E-state index contributed by atoms with van der Waals surface area (Å²) in [4.78, 5) is 4.59. The number of benzene rings is 2. The molecule has 1 fully saturated rings. The van der Waals surface area contributed by atoms with Crippen LogP contribution in [0.5, 0.6) is 5.75 Å². The van der Waals surface area contributed by atoms with Crippen LogP contribution < -0.4 is 0 Å². The third-order valence-electron chi connectivity index (χ3n) is 4.03. The van der Waals surface area contributed by atoms with Crippen LogP contribution >= 0.6 is 0 Å². The van der Waals surface area contributed by atoms with Gasteiger partial charge in [0, 0.05) is 17.7 Å². The van der Waals surface area contributed by atoms with E-state index >= 15 is 0 Å². The molecule has 4 rings (SSSR count). The number of halogens is 1. The van der Waals surface area contributed by atoms with E-state index < -0.39 is 0 Å². The van der Waals surface area contributed by atoms with Crippen molar-refractivity contribution in [1.82, 2.24) is 9.55 Å². The second-order valence-corrected chi connectivity index (χ2v) is 5.67. The van der Waals surface area contributed by atoms with Crippen LogP contribution in [-0.4, -0.2) is 14.7 Å². The summed E-state index contributed by atoms with van der Waals surface area (Å²) in [5.74, 6) is 0.780. The number of imidazole rings is 1. The Balaban J connectivity index is 1.98. The van der Waals surface area contributed by atoms with E-state index in [9.17, 15) is 9.50 Å². The Bertz CT molecular complexity index is 849. The zero-order chi connectivity index (χ0) is 14.6. The average molecular weight is 282 g/mol. The molecule has 0 radical (unpaired) electrons. The minimum atomic E-state index is -0.277. The molecule has 3 nitrogen and oxygen atoms in total. The standard InChI is InChI=1S/C17H15FN2O/c1-10-2-3-11(8-16(10)21)17-19-14-9-12(18)4-7-15(14)20(17)13-5-6-13/h2-4,7-9,13,21H,5-6H2,1H3. The van der Waals surface area contributed by atoms with Gasteiger partial charge in [-0.25, -0.2) is 9.37 Å². The summed E-state index contributed by atoms with van der Waals surface area (Å²) < 4.78 is 15.6. The molecule has 21 heavy (non-hydrogen) atoms. The smallest absolute Gasteiger partial charge is 0.141 e. The fourth-order valence-electron chi connectivity index (χ4n) is 2.73. The topological polar surface area (TPSA) is 38.0 Å². The van der Waals surface area contributed by atoms with Gasteiger partial charge in [-0.1, -0.05) is 12.1 Å². The summed E-state index contributed by atoms with van der Waals surface area (Å²) in [6.45, 7) is 1.86. The lowest BCUT2D eigenvalue weighted by atomic mass is 10.1. The molecular formula is C17H15FN2O.